The maximum Gasteiger partial charge on any atom is 0.336 e. The first-order chi connectivity index (χ1) is 12.1. The van der Waals surface area contributed by atoms with Crippen LogP contribution in [-0.2, 0) is 31.9 Å². The zero-order chi connectivity index (χ0) is 17.6. The number of hydrogen-bond donors (Lipinski definition) is 1. The molecule has 128 valence electrons. The summed E-state index contributed by atoms with van der Waals surface area (Å²) >= 11 is 0. The predicted octanol–water partition coefficient (Wildman–Crippen LogP) is 2.49. The lowest BCUT2D eigenvalue weighted by Crippen LogP contribution is -2.19. The first kappa shape index (κ1) is 15.7. The molecule has 2 heterocycles. The van der Waals surface area contributed by atoms with Crippen molar-refractivity contribution in [3.8, 4) is 0 Å². The van der Waals surface area contributed by atoms with Gasteiger partial charge < -0.3 is 14.8 Å². The molecule has 2 aliphatic heterocycles. The molecule has 4 rings (SSSR count). The van der Waals surface area contributed by atoms with Crippen molar-refractivity contribution in [1.29, 1.82) is 0 Å². The molecule has 1 N–H and O–H groups in total. The van der Waals surface area contributed by atoms with Gasteiger partial charge in [0.2, 0.25) is 0 Å². The Balaban J connectivity index is 1.58. The van der Waals surface area contributed by atoms with E-state index in [1.807, 2.05) is 12.1 Å². The van der Waals surface area contributed by atoms with Crippen LogP contribution in [0.15, 0.2) is 54.3 Å². The second-order valence-electron chi connectivity index (χ2n) is 6.57. The van der Waals surface area contributed by atoms with Crippen LogP contribution in [0.3, 0.4) is 0 Å². The molecule has 0 saturated carbocycles. The summed E-state index contributed by atoms with van der Waals surface area (Å²) < 4.78 is 10.6. The Kier molecular flexibility index (Phi) is 3.71. The molecule has 1 fully saturated rings. The van der Waals surface area contributed by atoms with Gasteiger partial charge in [-0.15, -0.1) is 6.58 Å². The molecule has 3 aliphatic rings. The Morgan fingerprint density at radius 2 is 2.24 bits per heavy atom. The smallest absolute Gasteiger partial charge is 0.336 e. The number of carbonyl (C=O) groups excluding carboxylic acids is 2. The number of benzene rings is 1. The third-order valence-electron chi connectivity index (χ3n) is 5.04. The van der Waals surface area contributed by atoms with Crippen LogP contribution in [0, 0.1) is 5.92 Å². The minimum absolute atomic E-state index is 0.0227. The third kappa shape index (κ3) is 2.56. The average Bonchev–Trinajstić information content (AvgIpc) is 3.19. The van der Waals surface area contributed by atoms with E-state index in [1.165, 1.54) is 23.0 Å². The summed E-state index contributed by atoms with van der Waals surface area (Å²) in [6.07, 6.45) is 5.80. The molecule has 1 saturated heterocycles. The molecule has 0 aromatic heterocycles. The van der Waals surface area contributed by atoms with Crippen molar-refractivity contribution in [2.75, 3.05) is 0 Å². The minimum Gasteiger partial charge on any atom is -0.458 e. The number of allylic oxidation sites excluding steroid dienone is 1. The van der Waals surface area contributed by atoms with Crippen molar-refractivity contribution in [2.24, 2.45) is 5.92 Å². The lowest BCUT2D eigenvalue weighted by molar-refractivity contribution is -0.152. The quantitative estimate of drug-likeness (QED) is 0.397. The van der Waals surface area contributed by atoms with E-state index < -0.39 is 6.29 Å². The van der Waals surface area contributed by atoms with Crippen molar-refractivity contribution in [1.82, 2.24) is 5.32 Å². The lowest BCUT2D eigenvalue weighted by atomic mass is 9.97. The maximum absolute atomic E-state index is 12.3. The van der Waals surface area contributed by atoms with Crippen LogP contribution >= 0.6 is 0 Å². The van der Waals surface area contributed by atoms with E-state index in [-0.39, 0.29) is 23.8 Å². The van der Waals surface area contributed by atoms with E-state index in [1.54, 1.807) is 13.0 Å². The number of rotatable bonds is 4. The fourth-order valence-electron chi connectivity index (χ4n) is 3.81. The first-order valence-corrected chi connectivity index (χ1v) is 8.36. The Labute approximate surface area is 146 Å². The molecule has 0 radical (unpaired) electrons. The summed E-state index contributed by atoms with van der Waals surface area (Å²) in [6.45, 7) is 5.49. The van der Waals surface area contributed by atoms with Gasteiger partial charge in [0.25, 0.3) is 12.2 Å². The van der Waals surface area contributed by atoms with Gasteiger partial charge in [-0.2, -0.15) is 0 Å². The number of hydrogen-bond acceptors (Lipinski definition) is 4. The molecule has 1 aliphatic carbocycles. The van der Waals surface area contributed by atoms with Gasteiger partial charge in [0.05, 0.1) is 17.9 Å². The third-order valence-corrected chi connectivity index (χ3v) is 5.04. The molecule has 5 heteroatoms. The predicted molar refractivity (Wildman–Crippen MR) is 91.2 cm³/mol. The van der Waals surface area contributed by atoms with Crippen LogP contribution in [0.4, 0.5) is 0 Å². The number of carbonyl (C=O) groups is 2. The molecule has 3 atom stereocenters. The maximum atomic E-state index is 12.3. The van der Waals surface area contributed by atoms with Gasteiger partial charge in [0.15, 0.2) is 0 Å². The van der Waals surface area contributed by atoms with Crippen LogP contribution < -0.4 is 5.32 Å². The molecule has 0 bridgehead atoms. The minimum atomic E-state index is -0.757. The highest BCUT2D eigenvalue weighted by Gasteiger charge is 2.44. The highest BCUT2D eigenvalue weighted by Crippen LogP contribution is 2.45. The van der Waals surface area contributed by atoms with E-state index in [9.17, 15) is 9.59 Å². The summed E-state index contributed by atoms with van der Waals surface area (Å²) in [7, 11) is 0. The normalized spacial score (nSPS) is 28.3. The fourth-order valence-corrected chi connectivity index (χ4v) is 3.81. The SMILES string of the molecule is C=CCc1cccc2c1C[C@@H]1/C(=C\OC3C=C(C)C(=O)O3)C(=O)N[C@H]21. The highest BCUT2D eigenvalue weighted by atomic mass is 16.7. The number of fused-ring (bicyclic) bond motifs is 3. The van der Waals surface area contributed by atoms with Gasteiger partial charge in [-0.3, -0.25) is 4.79 Å². The zero-order valence-electron chi connectivity index (χ0n) is 14.0. The van der Waals surface area contributed by atoms with Crippen molar-refractivity contribution in [2.45, 2.75) is 32.1 Å². The molecule has 0 spiro atoms. The van der Waals surface area contributed by atoms with Crippen molar-refractivity contribution >= 4 is 11.9 Å². The van der Waals surface area contributed by atoms with Gasteiger partial charge in [-0.05, 0) is 36.5 Å². The second-order valence-corrected chi connectivity index (χ2v) is 6.57. The molecular formula is C20H19NO4. The molecule has 1 aromatic rings. The van der Waals surface area contributed by atoms with Gasteiger partial charge in [-0.25, -0.2) is 4.79 Å². The number of esters is 1. The van der Waals surface area contributed by atoms with E-state index in [0.717, 1.165) is 12.8 Å². The Morgan fingerprint density at radius 3 is 2.96 bits per heavy atom. The Hall–Kier alpha value is -2.82. The van der Waals surface area contributed by atoms with Gasteiger partial charge in [-0.1, -0.05) is 24.3 Å². The van der Waals surface area contributed by atoms with E-state index >= 15 is 0 Å². The van der Waals surface area contributed by atoms with Gasteiger partial charge in [0, 0.05) is 17.6 Å². The van der Waals surface area contributed by atoms with Crippen molar-refractivity contribution in [3.05, 3.63) is 71.0 Å². The number of ether oxygens (including phenoxy) is 2. The van der Waals surface area contributed by atoms with Crippen LogP contribution in [0.25, 0.3) is 0 Å². The number of cyclic esters (lactones) is 1. The zero-order valence-corrected chi connectivity index (χ0v) is 14.0. The topological polar surface area (TPSA) is 64.6 Å². The fraction of sp³-hybridized carbons (Fsp3) is 0.300. The largest absolute Gasteiger partial charge is 0.458 e. The number of amides is 1. The Bertz CT molecular complexity index is 836. The molecule has 5 nitrogen and oxygen atoms in total. The first-order valence-electron chi connectivity index (χ1n) is 8.36. The summed E-state index contributed by atoms with van der Waals surface area (Å²) in [6, 6.07) is 6.18. The standard InChI is InChI=1S/C20H19NO4/c1-3-5-12-6-4-7-13-14(12)9-15-16(19(22)21-18(13)15)10-24-17-8-11(2)20(23)25-17/h3-4,6-8,10,15,17-18H,1,5,9H2,2H3,(H,21,22)/b16-10+/t15-,17?,18-/m1/s1. The Morgan fingerprint density at radius 1 is 1.40 bits per heavy atom. The lowest BCUT2D eigenvalue weighted by Gasteiger charge is -2.11. The second kappa shape index (κ2) is 5.92. The molecular weight excluding hydrogens is 318 g/mol. The molecule has 1 aromatic carbocycles. The van der Waals surface area contributed by atoms with Gasteiger partial charge >= 0.3 is 5.97 Å². The monoisotopic (exact) mass is 337 g/mol. The molecule has 1 amide bonds. The van der Waals surface area contributed by atoms with Crippen LogP contribution in [0.5, 0.6) is 0 Å². The number of nitrogens with one attached hydrogen (secondary N) is 1. The summed E-state index contributed by atoms with van der Waals surface area (Å²) in [5, 5.41) is 3.05. The molecule has 25 heavy (non-hydrogen) atoms. The van der Waals surface area contributed by atoms with Crippen LogP contribution in [0.2, 0.25) is 0 Å². The van der Waals surface area contributed by atoms with Crippen LogP contribution in [0.1, 0.15) is 29.7 Å². The van der Waals surface area contributed by atoms with E-state index in [4.69, 9.17) is 9.47 Å². The average molecular weight is 337 g/mol. The summed E-state index contributed by atoms with van der Waals surface area (Å²) in [5.74, 6) is -0.477. The van der Waals surface area contributed by atoms with Crippen LogP contribution in [-0.4, -0.2) is 18.2 Å². The van der Waals surface area contributed by atoms with Gasteiger partial charge in [0.1, 0.15) is 0 Å². The van der Waals surface area contributed by atoms with E-state index in [2.05, 4.69) is 24.0 Å². The summed E-state index contributed by atoms with van der Waals surface area (Å²) in [4.78, 5) is 23.7. The molecule has 1 unspecified atom stereocenters. The highest BCUT2D eigenvalue weighted by molar-refractivity contribution is 5.97. The summed E-state index contributed by atoms with van der Waals surface area (Å²) in [5.41, 5.74) is 4.81. The van der Waals surface area contributed by atoms with E-state index in [0.29, 0.717) is 11.1 Å². The van der Waals surface area contributed by atoms with Crippen molar-refractivity contribution in [3.63, 3.8) is 0 Å². The van der Waals surface area contributed by atoms with Crippen molar-refractivity contribution < 1.29 is 19.1 Å².